The Morgan fingerprint density at radius 2 is 2.13 bits per heavy atom. The summed E-state index contributed by atoms with van der Waals surface area (Å²) in [5.41, 5.74) is 1.25. The Morgan fingerprint density at radius 3 is 2.78 bits per heavy atom. The largest absolute Gasteiger partial charge is 0.363 e. The van der Waals surface area contributed by atoms with Gasteiger partial charge in [-0.15, -0.1) is 0 Å². The SMILES string of the molecule is CC(C)[C@@H](CNC(=O)C1(C)CCC1)Nc1ncnc2nc[nH]c12. The molecular weight excluding hydrogens is 292 g/mol. The second kappa shape index (κ2) is 6.14. The Bertz CT molecular complexity index is 691. The molecule has 7 nitrogen and oxygen atoms in total. The van der Waals surface area contributed by atoms with Crippen molar-refractivity contribution in [1.82, 2.24) is 25.3 Å². The minimum Gasteiger partial charge on any atom is -0.363 e. The van der Waals surface area contributed by atoms with Crippen molar-refractivity contribution >= 4 is 22.9 Å². The van der Waals surface area contributed by atoms with E-state index in [1.54, 1.807) is 6.33 Å². The van der Waals surface area contributed by atoms with Crippen LogP contribution in [0.25, 0.3) is 11.2 Å². The highest BCUT2D eigenvalue weighted by molar-refractivity contribution is 5.83. The van der Waals surface area contributed by atoms with Crippen LogP contribution in [-0.4, -0.2) is 38.4 Å². The summed E-state index contributed by atoms with van der Waals surface area (Å²) in [6, 6.07) is 0.0871. The number of aromatic amines is 1. The van der Waals surface area contributed by atoms with Crippen LogP contribution < -0.4 is 10.6 Å². The highest BCUT2D eigenvalue weighted by Crippen LogP contribution is 2.40. The van der Waals surface area contributed by atoms with Crippen LogP contribution in [0.5, 0.6) is 0 Å². The van der Waals surface area contributed by atoms with E-state index >= 15 is 0 Å². The van der Waals surface area contributed by atoms with E-state index in [4.69, 9.17) is 0 Å². The van der Waals surface area contributed by atoms with Crippen LogP contribution in [0.2, 0.25) is 0 Å². The third-order valence-corrected chi connectivity index (χ3v) is 4.84. The van der Waals surface area contributed by atoms with Crippen LogP contribution in [0.1, 0.15) is 40.0 Å². The lowest BCUT2D eigenvalue weighted by molar-refractivity contribution is -0.134. The molecule has 3 N–H and O–H groups in total. The zero-order chi connectivity index (χ0) is 16.4. The maximum absolute atomic E-state index is 12.3. The molecule has 1 atom stereocenters. The van der Waals surface area contributed by atoms with E-state index in [0.717, 1.165) is 30.6 Å². The highest BCUT2D eigenvalue weighted by atomic mass is 16.2. The van der Waals surface area contributed by atoms with Gasteiger partial charge in [-0.05, 0) is 18.8 Å². The quantitative estimate of drug-likeness (QED) is 0.758. The Morgan fingerprint density at radius 1 is 1.35 bits per heavy atom. The van der Waals surface area contributed by atoms with Crippen molar-refractivity contribution in [3.8, 4) is 0 Å². The smallest absolute Gasteiger partial charge is 0.226 e. The maximum Gasteiger partial charge on any atom is 0.226 e. The standard InChI is InChI=1S/C16H24N6O/c1-10(2)11(7-17-15(23)16(3)5-4-6-16)22-14-12-13(19-8-18-12)20-9-21-14/h8-11H,4-7H2,1-3H3,(H,17,23)(H2,18,19,20,21,22)/t11-/m1/s1. The third kappa shape index (κ3) is 3.13. The number of carbonyl (C=O) groups excluding carboxylic acids is 1. The van der Waals surface area contributed by atoms with Gasteiger partial charge in [-0.2, -0.15) is 0 Å². The summed E-state index contributed by atoms with van der Waals surface area (Å²) in [5.74, 6) is 1.22. The molecule has 0 aromatic carbocycles. The lowest BCUT2D eigenvalue weighted by atomic mass is 9.70. The number of H-pyrrole nitrogens is 1. The topological polar surface area (TPSA) is 95.6 Å². The number of imidazole rings is 1. The van der Waals surface area contributed by atoms with Gasteiger partial charge < -0.3 is 15.6 Å². The second-order valence-corrected chi connectivity index (χ2v) is 6.94. The first-order chi connectivity index (χ1) is 11.0. The fourth-order valence-electron chi connectivity index (χ4n) is 2.85. The minimum absolute atomic E-state index is 0.0871. The number of nitrogens with zero attached hydrogens (tertiary/aromatic N) is 3. The van der Waals surface area contributed by atoms with Gasteiger partial charge in [0.15, 0.2) is 11.5 Å². The summed E-state index contributed by atoms with van der Waals surface area (Å²) in [6.07, 6.45) is 6.22. The van der Waals surface area contributed by atoms with Gasteiger partial charge in [0.1, 0.15) is 11.8 Å². The van der Waals surface area contributed by atoms with Crippen LogP contribution >= 0.6 is 0 Å². The van der Waals surface area contributed by atoms with E-state index in [0.29, 0.717) is 18.1 Å². The highest BCUT2D eigenvalue weighted by Gasteiger charge is 2.39. The molecule has 0 aliphatic heterocycles. The normalized spacial score (nSPS) is 17.7. The molecule has 1 fully saturated rings. The molecule has 2 aromatic rings. The van der Waals surface area contributed by atoms with Crippen molar-refractivity contribution in [2.24, 2.45) is 11.3 Å². The number of hydrogen-bond donors (Lipinski definition) is 3. The molecule has 3 rings (SSSR count). The number of rotatable bonds is 6. The van der Waals surface area contributed by atoms with E-state index in [-0.39, 0.29) is 17.4 Å². The number of aromatic nitrogens is 4. The molecule has 0 bridgehead atoms. The van der Waals surface area contributed by atoms with Crippen LogP contribution in [0.3, 0.4) is 0 Å². The maximum atomic E-state index is 12.3. The molecule has 0 spiro atoms. The molecule has 1 aliphatic rings. The van der Waals surface area contributed by atoms with Gasteiger partial charge in [0, 0.05) is 18.0 Å². The molecule has 2 heterocycles. The molecule has 23 heavy (non-hydrogen) atoms. The predicted molar refractivity (Wildman–Crippen MR) is 88.9 cm³/mol. The first kappa shape index (κ1) is 15.7. The molecule has 0 saturated heterocycles. The molecular formula is C16H24N6O. The second-order valence-electron chi connectivity index (χ2n) is 6.94. The van der Waals surface area contributed by atoms with Crippen LogP contribution in [0.15, 0.2) is 12.7 Å². The zero-order valence-corrected chi connectivity index (χ0v) is 13.9. The van der Waals surface area contributed by atoms with Gasteiger partial charge in [-0.3, -0.25) is 4.79 Å². The first-order valence-electron chi connectivity index (χ1n) is 8.18. The van der Waals surface area contributed by atoms with Crippen LogP contribution in [-0.2, 0) is 4.79 Å². The molecule has 124 valence electrons. The van der Waals surface area contributed by atoms with Crippen molar-refractivity contribution in [2.75, 3.05) is 11.9 Å². The van der Waals surface area contributed by atoms with Crippen molar-refractivity contribution in [3.05, 3.63) is 12.7 Å². The van der Waals surface area contributed by atoms with Crippen molar-refractivity contribution < 1.29 is 4.79 Å². The number of hydrogen-bond acceptors (Lipinski definition) is 5. The summed E-state index contributed by atoms with van der Waals surface area (Å²) in [6.45, 7) is 6.87. The number of nitrogens with one attached hydrogen (secondary N) is 3. The summed E-state index contributed by atoms with van der Waals surface area (Å²) < 4.78 is 0. The van der Waals surface area contributed by atoms with E-state index in [9.17, 15) is 4.79 Å². The van der Waals surface area contributed by atoms with Crippen molar-refractivity contribution in [1.29, 1.82) is 0 Å². The fourth-order valence-corrected chi connectivity index (χ4v) is 2.85. The lowest BCUT2D eigenvalue weighted by Crippen LogP contribution is -2.48. The number of fused-ring (bicyclic) bond motifs is 1. The molecule has 1 amide bonds. The van der Waals surface area contributed by atoms with Crippen molar-refractivity contribution in [3.63, 3.8) is 0 Å². The van der Waals surface area contributed by atoms with E-state index < -0.39 is 0 Å². The summed E-state index contributed by atoms with van der Waals surface area (Å²) in [7, 11) is 0. The van der Waals surface area contributed by atoms with Gasteiger partial charge in [-0.25, -0.2) is 15.0 Å². The summed E-state index contributed by atoms with van der Waals surface area (Å²) in [5, 5.41) is 6.51. The monoisotopic (exact) mass is 316 g/mol. The van der Waals surface area contributed by atoms with Gasteiger partial charge in [0.2, 0.25) is 5.91 Å². The summed E-state index contributed by atoms with van der Waals surface area (Å²) >= 11 is 0. The van der Waals surface area contributed by atoms with Crippen LogP contribution in [0.4, 0.5) is 5.82 Å². The lowest BCUT2D eigenvalue weighted by Gasteiger charge is -2.37. The van der Waals surface area contributed by atoms with E-state index in [1.165, 1.54) is 6.33 Å². The van der Waals surface area contributed by atoms with Crippen LogP contribution in [0, 0.1) is 11.3 Å². The Hall–Kier alpha value is -2.18. The van der Waals surface area contributed by atoms with Gasteiger partial charge in [0.25, 0.3) is 0 Å². The van der Waals surface area contributed by atoms with Gasteiger partial charge in [0.05, 0.1) is 6.33 Å². The molecule has 1 aliphatic carbocycles. The Balaban J connectivity index is 1.67. The van der Waals surface area contributed by atoms with E-state index in [2.05, 4.69) is 44.4 Å². The predicted octanol–water partition coefficient (Wildman–Crippen LogP) is 2.10. The number of carbonyl (C=O) groups is 1. The van der Waals surface area contributed by atoms with Gasteiger partial charge in [-0.1, -0.05) is 27.2 Å². The number of anilines is 1. The average molecular weight is 316 g/mol. The number of amides is 1. The first-order valence-corrected chi connectivity index (χ1v) is 8.18. The molecule has 0 unspecified atom stereocenters. The Labute approximate surface area is 135 Å². The van der Waals surface area contributed by atoms with Crippen molar-refractivity contribution in [2.45, 2.75) is 46.1 Å². The molecule has 7 heteroatoms. The van der Waals surface area contributed by atoms with E-state index in [1.807, 2.05) is 6.92 Å². The molecule has 0 radical (unpaired) electrons. The molecule has 2 aromatic heterocycles. The third-order valence-electron chi connectivity index (χ3n) is 4.84. The van der Waals surface area contributed by atoms with Gasteiger partial charge >= 0.3 is 0 Å². The average Bonchev–Trinajstić information content (AvgIpc) is 2.97. The zero-order valence-electron chi connectivity index (χ0n) is 13.9. The Kier molecular flexibility index (Phi) is 4.19. The minimum atomic E-state index is -0.174. The fraction of sp³-hybridized carbons (Fsp3) is 0.625. The molecule has 1 saturated carbocycles. The summed E-state index contributed by atoms with van der Waals surface area (Å²) in [4.78, 5) is 27.9.